The van der Waals surface area contributed by atoms with Gasteiger partial charge in [-0.1, -0.05) is 41.0 Å². The Morgan fingerprint density at radius 2 is 1.94 bits per heavy atom. The number of aryl methyl sites for hydroxylation is 1. The first-order chi connectivity index (χ1) is 16.8. The number of ether oxygens (including phenoxy) is 2. The molecule has 3 rings (SSSR count). The van der Waals surface area contributed by atoms with E-state index < -0.39 is 35.6 Å². The van der Waals surface area contributed by atoms with Gasteiger partial charge in [-0.15, -0.1) is 11.3 Å². The molecule has 3 heterocycles. The highest BCUT2D eigenvalue weighted by molar-refractivity contribution is 7.09. The van der Waals surface area contributed by atoms with Crippen LogP contribution < -0.4 is 0 Å². The van der Waals surface area contributed by atoms with Crippen LogP contribution in [0.25, 0.3) is 6.08 Å². The second-order valence-electron chi connectivity index (χ2n) is 11.5. The normalized spacial score (nSPS) is 36.8. The lowest BCUT2D eigenvalue weighted by Crippen LogP contribution is -2.45. The zero-order valence-electron chi connectivity index (χ0n) is 22.7. The largest absolute Gasteiger partial charge is 0.458 e. The third kappa shape index (κ3) is 6.63. The number of thiazole rings is 1. The van der Waals surface area contributed by atoms with Crippen molar-refractivity contribution in [3.8, 4) is 0 Å². The van der Waals surface area contributed by atoms with Crippen LogP contribution in [0.15, 0.2) is 11.0 Å². The molecule has 36 heavy (non-hydrogen) atoms. The van der Waals surface area contributed by atoms with Crippen LogP contribution in [-0.4, -0.2) is 57.0 Å². The first kappa shape index (κ1) is 29.0. The maximum absolute atomic E-state index is 13.2. The maximum Gasteiger partial charge on any atom is 0.309 e. The number of hydrogen-bond donors (Lipinski definition) is 2. The van der Waals surface area contributed by atoms with Crippen molar-refractivity contribution in [1.29, 1.82) is 0 Å². The van der Waals surface area contributed by atoms with Gasteiger partial charge in [0.1, 0.15) is 11.9 Å². The molecular weight excluding hydrogens is 478 g/mol. The van der Waals surface area contributed by atoms with Crippen LogP contribution in [0, 0.1) is 17.3 Å². The first-order valence-corrected chi connectivity index (χ1v) is 14.1. The van der Waals surface area contributed by atoms with E-state index in [0.717, 1.165) is 42.0 Å². The van der Waals surface area contributed by atoms with E-state index in [1.165, 1.54) is 0 Å². The van der Waals surface area contributed by atoms with Crippen LogP contribution in [0.5, 0.6) is 0 Å². The van der Waals surface area contributed by atoms with Gasteiger partial charge in [-0.05, 0) is 50.7 Å². The molecular formula is C28H43NO6S. The van der Waals surface area contributed by atoms with Gasteiger partial charge in [-0.2, -0.15) is 0 Å². The van der Waals surface area contributed by atoms with E-state index in [1.807, 2.05) is 25.3 Å². The molecule has 1 aromatic heterocycles. The van der Waals surface area contributed by atoms with E-state index in [0.29, 0.717) is 6.42 Å². The van der Waals surface area contributed by atoms with Gasteiger partial charge in [-0.3, -0.25) is 9.59 Å². The number of esters is 1. The highest BCUT2D eigenvalue weighted by Gasteiger charge is 2.53. The molecule has 1 unspecified atom stereocenters. The highest BCUT2D eigenvalue weighted by atomic mass is 32.1. The molecule has 2 N–H and O–H groups in total. The van der Waals surface area contributed by atoms with Crippen molar-refractivity contribution in [2.24, 2.45) is 17.3 Å². The molecule has 0 aromatic carbocycles. The van der Waals surface area contributed by atoms with E-state index in [2.05, 4.69) is 18.8 Å². The monoisotopic (exact) mass is 521 g/mol. The Kier molecular flexibility index (Phi) is 9.18. The number of carbonyl (C=O) groups is 2. The van der Waals surface area contributed by atoms with Crippen LogP contribution >= 0.6 is 11.3 Å². The maximum atomic E-state index is 13.2. The number of nitrogens with zero attached hydrogens (tertiary/aromatic N) is 1. The van der Waals surface area contributed by atoms with Gasteiger partial charge >= 0.3 is 5.97 Å². The van der Waals surface area contributed by atoms with Crippen LogP contribution in [0.4, 0.5) is 0 Å². The van der Waals surface area contributed by atoms with Crippen molar-refractivity contribution in [1.82, 2.24) is 4.98 Å². The minimum absolute atomic E-state index is 0.0460. The van der Waals surface area contributed by atoms with Gasteiger partial charge in [0.2, 0.25) is 0 Å². The van der Waals surface area contributed by atoms with Gasteiger partial charge in [-0.25, -0.2) is 4.98 Å². The molecule has 202 valence electrons. The van der Waals surface area contributed by atoms with Crippen molar-refractivity contribution < 1.29 is 29.3 Å². The minimum Gasteiger partial charge on any atom is -0.458 e. The van der Waals surface area contributed by atoms with Crippen LogP contribution in [-0.2, 0) is 25.5 Å². The fourth-order valence-electron chi connectivity index (χ4n) is 5.17. The van der Waals surface area contributed by atoms with E-state index in [1.54, 1.807) is 32.1 Å². The van der Waals surface area contributed by atoms with Crippen molar-refractivity contribution in [3.05, 3.63) is 21.7 Å². The zero-order valence-corrected chi connectivity index (χ0v) is 23.6. The van der Waals surface area contributed by atoms with E-state index in [9.17, 15) is 19.8 Å². The van der Waals surface area contributed by atoms with Gasteiger partial charge in [0.05, 0.1) is 46.5 Å². The SMILES string of the molecule is CCc1nc(/C=C(\C)C2C[C@@H]3O[C@]3(C)CCC[C@H](C)[C@H](O)[C@@H](C)C(=O)C(C)(C)[C@@H](O)CC(=O)O2)cs1. The second-order valence-corrected chi connectivity index (χ2v) is 12.4. The predicted octanol–water partition coefficient (Wildman–Crippen LogP) is 4.73. The van der Waals surface area contributed by atoms with E-state index in [-0.39, 0.29) is 29.8 Å². The smallest absolute Gasteiger partial charge is 0.309 e. The zero-order chi connectivity index (χ0) is 26.8. The third-order valence-electron chi connectivity index (χ3n) is 8.16. The van der Waals surface area contributed by atoms with Crippen molar-refractivity contribution >= 4 is 29.2 Å². The second kappa shape index (κ2) is 11.4. The average molecular weight is 522 g/mol. The summed E-state index contributed by atoms with van der Waals surface area (Å²) in [7, 11) is 0. The lowest BCUT2D eigenvalue weighted by molar-refractivity contribution is -0.154. The number of aliphatic hydroxyl groups excluding tert-OH is 2. The molecule has 0 bridgehead atoms. The first-order valence-electron chi connectivity index (χ1n) is 13.2. The minimum atomic E-state index is -1.23. The number of aromatic nitrogens is 1. The van der Waals surface area contributed by atoms with Crippen molar-refractivity contribution in [3.63, 3.8) is 0 Å². The number of aliphatic hydroxyl groups is 2. The fourth-order valence-corrected chi connectivity index (χ4v) is 5.88. The predicted molar refractivity (Wildman–Crippen MR) is 141 cm³/mol. The van der Waals surface area contributed by atoms with Crippen molar-refractivity contribution in [2.75, 3.05) is 0 Å². The van der Waals surface area contributed by atoms with Gasteiger partial charge in [0.15, 0.2) is 0 Å². The Morgan fingerprint density at radius 1 is 1.25 bits per heavy atom. The Morgan fingerprint density at radius 3 is 2.58 bits per heavy atom. The molecule has 7 nitrogen and oxygen atoms in total. The topological polar surface area (TPSA) is 109 Å². The third-order valence-corrected chi connectivity index (χ3v) is 9.17. The van der Waals surface area contributed by atoms with Crippen molar-refractivity contribution in [2.45, 2.75) is 117 Å². The van der Waals surface area contributed by atoms with E-state index >= 15 is 0 Å². The molecule has 0 amide bonds. The molecule has 2 fully saturated rings. The summed E-state index contributed by atoms with van der Waals surface area (Å²) in [4.78, 5) is 30.8. The summed E-state index contributed by atoms with van der Waals surface area (Å²) in [5.74, 6) is -1.54. The summed E-state index contributed by atoms with van der Waals surface area (Å²) in [6.07, 6.45) is 2.87. The molecule has 7 atom stereocenters. The molecule has 8 heteroatoms. The van der Waals surface area contributed by atoms with Gasteiger partial charge in [0, 0.05) is 17.7 Å². The molecule has 2 aliphatic heterocycles. The lowest BCUT2D eigenvalue weighted by atomic mass is 9.73. The molecule has 0 saturated carbocycles. The Hall–Kier alpha value is -1.61. The molecule has 0 aliphatic carbocycles. The number of epoxide rings is 1. The van der Waals surface area contributed by atoms with Crippen LogP contribution in [0.2, 0.25) is 0 Å². The van der Waals surface area contributed by atoms with Crippen LogP contribution in [0.1, 0.15) is 91.3 Å². The molecule has 0 spiro atoms. The quantitative estimate of drug-likeness (QED) is 0.437. The summed E-state index contributed by atoms with van der Waals surface area (Å²) in [5.41, 5.74) is 0.202. The highest BCUT2D eigenvalue weighted by Crippen LogP contribution is 2.45. The van der Waals surface area contributed by atoms with Gasteiger partial charge in [0.25, 0.3) is 0 Å². The molecule has 2 aliphatic rings. The number of ketones is 1. The molecule has 2 saturated heterocycles. The number of fused-ring (bicyclic) bond motifs is 1. The fraction of sp³-hybridized carbons (Fsp3) is 0.750. The Bertz CT molecular complexity index is 971. The molecule has 0 radical (unpaired) electrons. The summed E-state index contributed by atoms with van der Waals surface area (Å²) in [6.45, 7) is 13.0. The summed E-state index contributed by atoms with van der Waals surface area (Å²) in [6, 6.07) is 0. The summed E-state index contributed by atoms with van der Waals surface area (Å²) < 4.78 is 12.0. The molecule has 1 aromatic rings. The Labute approximate surface area is 219 Å². The van der Waals surface area contributed by atoms with Gasteiger partial charge < -0.3 is 19.7 Å². The summed E-state index contributed by atoms with van der Waals surface area (Å²) in [5, 5.41) is 24.8. The standard InChI is InChI=1S/C28H43NO6S/c1-8-23-29-19(15-36-23)12-17(3)20-13-22-28(7,35-22)11-9-10-16(2)25(32)18(4)26(33)27(5,6)21(30)14-24(31)34-20/h12,15-16,18,20-22,25,30,32H,8-11,13-14H2,1-7H3/b17-12+/t16-,18+,20?,21-,22-,25-,28+/m0/s1. The number of carbonyl (C=O) groups excluding carboxylic acids is 2. The van der Waals surface area contributed by atoms with Crippen LogP contribution in [0.3, 0.4) is 0 Å². The average Bonchev–Trinajstić information content (AvgIpc) is 3.23. The number of rotatable bonds is 3. The number of cyclic esters (lactones) is 1. The number of Topliss-reactive ketones (excluding diaryl/α,β-unsaturated/α-hetero) is 1. The summed E-state index contributed by atoms with van der Waals surface area (Å²) >= 11 is 1.60. The Balaban J connectivity index is 1.85. The number of hydrogen-bond acceptors (Lipinski definition) is 8. The van der Waals surface area contributed by atoms with E-state index in [4.69, 9.17) is 9.47 Å². The lowest BCUT2D eigenvalue weighted by Gasteiger charge is -2.34.